The van der Waals surface area contributed by atoms with E-state index in [-0.39, 0.29) is 17.4 Å². The number of aliphatic hydroxyl groups excluding tert-OH is 1. The minimum atomic E-state index is -4.49. The Morgan fingerprint density at radius 3 is 2.59 bits per heavy atom. The minimum absolute atomic E-state index is 0.0153. The Hall–Kier alpha value is -3.01. The molecule has 0 radical (unpaired) electrons. The van der Waals surface area contributed by atoms with Gasteiger partial charge in [-0.1, -0.05) is 5.16 Å². The molecule has 0 aliphatic heterocycles. The molecule has 6 N–H and O–H groups in total. The number of aromatic nitrogens is 4. The molecule has 2 heterocycles. The van der Waals surface area contributed by atoms with Crippen LogP contribution in [0.4, 0.5) is 0 Å². The van der Waals surface area contributed by atoms with E-state index in [4.69, 9.17) is 20.5 Å². The van der Waals surface area contributed by atoms with Crippen LogP contribution < -0.4 is 15.2 Å². The first-order valence-electron chi connectivity index (χ1n) is 7.23. The Kier molecular flexibility index (Phi) is 6.45. The normalized spacial score (nSPS) is 13.8. The van der Waals surface area contributed by atoms with Gasteiger partial charge in [0.1, 0.15) is 17.8 Å². The lowest BCUT2D eigenvalue weighted by Gasteiger charge is -2.16. The molecule has 14 nitrogen and oxygen atoms in total. The molecule has 0 saturated carbocycles. The largest absolute Gasteiger partial charge is 0.480 e. The third-order valence-corrected chi connectivity index (χ3v) is 4.20. The zero-order valence-electron chi connectivity index (χ0n) is 13.5. The average Bonchev–Trinajstić information content (AvgIpc) is 3.09. The molecule has 2 atom stereocenters. The van der Waals surface area contributed by atoms with Crippen molar-refractivity contribution < 1.29 is 32.7 Å². The number of carboxylic acid groups (broad SMARTS) is 1. The van der Waals surface area contributed by atoms with Crippen LogP contribution in [0.3, 0.4) is 0 Å². The van der Waals surface area contributed by atoms with Crippen molar-refractivity contribution in [3.05, 3.63) is 24.5 Å². The van der Waals surface area contributed by atoms with Gasteiger partial charge in [0.25, 0.3) is 10.2 Å². The fourth-order valence-corrected chi connectivity index (χ4v) is 3.03. The number of aliphatic hydroxyl groups is 1. The maximum Gasteiger partial charge on any atom is 0.324 e. The first kappa shape index (κ1) is 20.3. The van der Waals surface area contributed by atoms with Crippen LogP contribution in [0.25, 0.3) is 11.5 Å². The maximum absolute atomic E-state index is 12.1. The van der Waals surface area contributed by atoms with Gasteiger partial charge in [-0.05, 0) is 0 Å². The summed E-state index contributed by atoms with van der Waals surface area (Å²) in [6.45, 7) is -0.992. The molecule has 146 valence electrons. The Labute approximate surface area is 152 Å². The molecule has 0 unspecified atom stereocenters. The van der Waals surface area contributed by atoms with Gasteiger partial charge in [-0.25, -0.2) is 4.98 Å². The Morgan fingerprint density at radius 1 is 1.30 bits per heavy atom. The maximum atomic E-state index is 12.1. The standard InChI is InChI=1S/C12H15N7O7S/c13-9(21)3-6(18-27(24,25)19-8(5-20)12(22)23)11-16-10(17-26-11)7-4-14-1-2-15-7/h1-2,4,6,8,18-20H,3,5H2,(H2,13,21)(H,22,23)/t6-,8-/m0/s1. The summed E-state index contributed by atoms with van der Waals surface area (Å²) in [5.74, 6) is -2.81. The number of carboxylic acids is 1. The van der Waals surface area contributed by atoms with Crippen molar-refractivity contribution in [3.8, 4) is 11.5 Å². The minimum Gasteiger partial charge on any atom is -0.480 e. The SMILES string of the molecule is NC(=O)C[C@H](NS(=O)(=O)N[C@@H](CO)C(=O)O)c1nc(-c2cnccn2)no1. The molecule has 0 aliphatic carbocycles. The van der Waals surface area contributed by atoms with Crippen LogP contribution in [0.15, 0.2) is 23.1 Å². The van der Waals surface area contributed by atoms with Crippen molar-refractivity contribution in [2.75, 3.05) is 6.61 Å². The van der Waals surface area contributed by atoms with Crippen LogP contribution in [0.2, 0.25) is 0 Å². The smallest absolute Gasteiger partial charge is 0.324 e. The van der Waals surface area contributed by atoms with E-state index in [0.29, 0.717) is 0 Å². The molecule has 1 amide bonds. The number of aliphatic carboxylic acids is 1. The van der Waals surface area contributed by atoms with E-state index < -0.39 is 47.2 Å². The van der Waals surface area contributed by atoms with Crippen molar-refractivity contribution in [2.24, 2.45) is 5.73 Å². The molecule has 0 saturated heterocycles. The first-order chi connectivity index (χ1) is 12.7. The zero-order chi connectivity index (χ0) is 20.0. The monoisotopic (exact) mass is 401 g/mol. The number of nitrogens with one attached hydrogen (secondary N) is 2. The van der Waals surface area contributed by atoms with E-state index in [0.717, 1.165) is 0 Å². The summed E-state index contributed by atoms with van der Waals surface area (Å²) >= 11 is 0. The van der Waals surface area contributed by atoms with E-state index in [2.05, 4.69) is 20.1 Å². The van der Waals surface area contributed by atoms with Crippen LogP contribution in [-0.4, -0.2) is 63.3 Å². The zero-order valence-corrected chi connectivity index (χ0v) is 14.3. The molecule has 2 aromatic rings. The molecule has 2 aromatic heterocycles. The van der Waals surface area contributed by atoms with E-state index >= 15 is 0 Å². The number of carbonyl (C=O) groups is 2. The number of rotatable bonds is 10. The van der Waals surface area contributed by atoms with E-state index in [9.17, 15) is 18.0 Å². The topological polar surface area (TPSA) is 224 Å². The van der Waals surface area contributed by atoms with Gasteiger partial charge in [-0.3, -0.25) is 14.6 Å². The van der Waals surface area contributed by atoms with Gasteiger partial charge in [-0.15, -0.1) is 0 Å². The van der Waals surface area contributed by atoms with Crippen molar-refractivity contribution in [3.63, 3.8) is 0 Å². The lowest BCUT2D eigenvalue weighted by molar-refractivity contribution is -0.139. The number of nitrogens with zero attached hydrogens (tertiary/aromatic N) is 4. The summed E-state index contributed by atoms with van der Waals surface area (Å²) in [7, 11) is -4.49. The number of primary amides is 1. The number of hydrogen-bond donors (Lipinski definition) is 5. The fourth-order valence-electron chi connectivity index (χ4n) is 1.85. The van der Waals surface area contributed by atoms with Crippen molar-refractivity contribution >= 4 is 22.1 Å². The third kappa shape index (κ3) is 5.74. The summed E-state index contributed by atoms with van der Waals surface area (Å²) in [5.41, 5.74) is 5.34. The molecule has 2 rings (SSSR count). The van der Waals surface area contributed by atoms with Gasteiger partial charge in [-0.2, -0.15) is 22.8 Å². The number of carbonyl (C=O) groups excluding carboxylic acids is 1. The number of amides is 1. The molecule has 0 fully saturated rings. The lowest BCUT2D eigenvalue weighted by Crippen LogP contribution is -2.49. The molecule has 0 bridgehead atoms. The summed E-state index contributed by atoms with van der Waals surface area (Å²) in [6, 6.07) is -3.18. The highest BCUT2D eigenvalue weighted by Crippen LogP contribution is 2.19. The molecular formula is C12H15N7O7S. The highest BCUT2D eigenvalue weighted by molar-refractivity contribution is 7.87. The lowest BCUT2D eigenvalue weighted by atomic mass is 10.2. The summed E-state index contributed by atoms with van der Waals surface area (Å²) in [5, 5.41) is 21.4. The third-order valence-electron chi connectivity index (χ3n) is 3.01. The van der Waals surface area contributed by atoms with Crippen LogP contribution in [0.5, 0.6) is 0 Å². The van der Waals surface area contributed by atoms with Gasteiger partial charge in [0.2, 0.25) is 17.6 Å². The Balaban J connectivity index is 2.24. The van der Waals surface area contributed by atoms with Gasteiger partial charge in [0.15, 0.2) is 0 Å². The summed E-state index contributed by atoms with van der Waals surface area (Å²) < 4.78 is 32.8. The van der Waals surface area contributed by atoms with E-state index in [1.165, 1.54) is 18.6 Å². The van der Waals surface area contributed by atoms with Crippen molar-refractivity contribution in [2.45, 2.75) is 18.5 Å². The summed E-state index contributed by atoms with van der Waals surface area (Å²) in [6.07, 6.45) is 3.57. The van der Waals surface area contributed by atoms with Gasteiger partial charge in [0.05, 0.1) is 19.2 Å². The Bertz CT molecular complexity index is 902. The molecule has 0 spiro atoms. The highest BCUT2D eigenvalue weighted by Gasteiger charge is 2.30. The van der Waals surface area contributed by atoms with Crippen LogP contribution in [0.1, 0.15) is 18.4 Å². The molecule has 15 heteroatoms. The van der Waals surface area contributed by atoms with E-state index in [1.807, 2.05) is 4.72 Å². The van der Waals surface area contributed by atoms with Crippen LogP contribution >= 0.6 is 0 Å². The second-order valence-electron chi connectivity index (χ2n) is 5.08. The molecule has 0 aliphatic rings. The highest BCUT2D eigenvalue weighted by atomic mass is 32.2. The molecule has 27 heavy (non-hydrogen) atoms. The molecular weight excluding hydrogens is 386 g/mol. The number of hydrogen-bond acceptors (Lipinski definition) is 10. The summed E-state index contributed by atoms with van der Waals surface area (Å²) in [4.78, 5) is 33.8. The fraction of sp³-hybridized carbons (Fsp3) is 0.333. The second kappa shape index (κ2) is 8.58. The predicted octanol–water partition coefficient (Wildman–Crippen LogP) is -2.69. The second-order valence-corrected chi connectivity index (χ2v) is 6.56. The molecule has 0 aromatic carbocycles. The Morgan fingerprint density at radius 2 is 2.04 bits per heavy atom. The quantitative estimate of drug-likeness (QED) is 0.275. The van der Waals surface area contributed by atoms with E-state index in [1.54, 1.807) is 4.72 Å². The first-order valence-corrected chi connectivity index (χ1v) is 8.71. The predicted molar refractivity (Wildman–Crippen MR) is 85.6 cm³/mol. The van der Waals surface area contributed by atoms with Crippen LogP contribution in [-0.2, 0) is 19.8 Å². The number of nitrogens with two attached hydrogens (primary N) is 1. The van der Waals surface area contributed by atoms with Crippen molar-refractivity contribution in [1.29, 1.82) is 0 Å². The van der Waals surface area contributed by atoms with Gasteiger partial charge in [0, 0.05) is 12.4 Å². The van der Waals surface area contributed by atoms with Crippen LogP contribution in [0, 0.1) is 0 Å². The van der Waals surface area contributed by atoms with Gasteiger partial charge < -0.3 is 20.5 Å². The van der Waals surface area contributed by atoms with Gasteiger partial charge >= 0.3 is 5.97 Å². The van der Waals surface area contributed by atoms with Crippen molar-refractivity contribution in [1.82, 2.24) is 29.6 Å². The average molecular weight is 401 g/mol.